The zero-order valence-corrected chi connectivity index (χ0v) is 21.2. The lowest BCUT2D eigenvalue weighted by molar-refractivity contribution is -0.137. The molecule has 1 heterocycles. The van der Waals surface area contributed by atoms with Crippen molar-refractivity contribution in [2.75, 3.05) is 13.2 Å². The number of aliphatic hydroxyl groups is 1. The van der Waals surface area contributed by atoms with E-state index in [-0.39, 0.29) is 36.3 Å². The van der Waals surface area contributed by atoms with Gasteiger partial charge < -0.3 is 19.7 Å². The first-order valence-electron chi connectivity index (χ1n) is 13.2. The highest BCUT2D eigenvalue weighted by Crippen LogP contribution is 2.58. The SMILES string of the molecule is O=C(O)CCC/C=C\C[C@@H]1[C@@H](/C=C/[C@H](O)COc2ccc(F)cc2)[C@H]2C[C@]1(CCc1ccccc1)CO2. The summed E-state index contributed by atoms with van der Waals surface area (Å²) < 4.78 is 24.9. The van der Waals surface area contributed by atoms with E-state index in [1.54, 1.807) is 18.2 Å². The van der Waals surface area contributed by atoms with Gasteiger partial charge in [0.05, 0.1) is 12.7 Å². The molecule has 37 heavy (non-hydrogen) atoms. The topological polar surface area (TPSA) is 76.0 Å². The second kappa shape index (κ2) is 13.0. The van der Waals surface area contributed by atoms with Gasteiger partial charge in [0.2, 0.25) is 0 Å². The minimum Gasteiger partial charge on any atom is -0.491 e. The molecule has 1 aliphatic heterocycles. The second-order valence-electron chi connectivity index (χ2n) is 10.3. The van der Waals surface area contributed by atoms with Crippen molar-refractivity contribution in [2.24, 2.45) is 17.3 Å². The zero-order valence-electron chi connectivity index (χ0n) is 21.2. The third-order valence-corrected chi connectivity index (χ3v) is 7.74. The molecule has 2 bridgehead atoms. The number of hydrogen-bond acceptors (Lipinski definition) is 4. The number of aliphatic hydroxyl groups excluding tert-OH is 1. The van der Waals surface area contributed by atoms with Crippen molar-refractivity contribution in [3.8, 4) is 5.75 Å². The van der Waals surface area contributed by atoms with Gasteiger partial charge in [0.25, 0.3) is 0 Å². The highest BCUT2D eigenvalue weighted by atomic mass is 19.1. The lowest BCUT2D eigenvalue weighted by atomic mass is 9.70. The number of fused-ring (bicyclic) bond motifs is 2. The number of unbranched alkanes of at least 4 members (excludes halogenated alkanes) is 1. The maximum atomic E-state index is 13.1. The lowest BCUT2D eigenvalue weighted by Crippen LogP contribution is -2.36. The van der Waals surface area contributed by atoms with Crippen LogP contribution in [0, 0.1) is 23.1 Å². The van der Waals surface area contributed by atoms with Crippen molar-refractivity contribution in [2.45, 2.75) is 57.2 Å². The van der Waals surface area contributed by atoms with Crippen LogP contribution in [0.1, 0.15) is 44.1 Å². The maximum Gasteiger partial charge on any atom is 0.303 e. The number of benzene rings is 2. The van der Waals surface area contributed by atoms with Gasteiger partial charge in [0, 0.05) is 17.8 Å². The van der Waals surface area contributed by atoms with Gasteiger partial charge in [-0.15, -0.1) is 0 Å². The molecule has 2 fully saturated rings. The van der Waals surface area contributed by atoms with Crippen LogP contribution in [-0.2, 0) is 16.0 Å². The normalized spacial score (nSPS) is 25.7. The van der Waals surface area contributed by atoms with E-state index in [0.717, 1.165) is 38.7 Å². The quantitative estimate of drug-likeness (QED) is 0.243. The van der Waals surface area contributed by atoms with Gasteiger partial charge in [-0.25, -0.2) is 4.39 Å². The summed E-state index contributed by atoms with van der Waals surface area (Å²) in [5.74, 6) is 0.00151. The molecule has 1 saturated heterocycles. The van der Waals surface area contributed by atoms with E-state index in [2.05, 4.69) is 42.5 Å². The molecule has 0 unspecified atom stereocenters. The third-order valence-electron chi connectivity index (χ3n) is 7.74. The minimum atomic E-state index is -0.781. The summed E-state index contributed by atoms with van der Waals surface area (Å²) in [6.45, 7) is 0.844. The van der Waals surface area contributed by atoms with Crippen LogP contribution in [0.15, 0.2) is 78.9 Å². The average molecular weight is 509 g/mol. The van der Waals surface area contributed by atoms with Gasteiger partial charge in [-0.2, -0.15) is 0 Å². The summed E-state index contributed by atoms with van der Waals surface area (Å²) in [5, 5.41) is 19.4. The molecule has 0 aromatic heterocycles. The van der Waals surface area contributed by atoms with Gasteiger partial charge >= 0.3 is 5.97 Å². The Morgan fingerprint density at radius 3 is 2.70 bits per heavy atom. The Balaban J connectivity index is 1.40. The standard InChI is InChI=1S/C31H37FO5/c32-24-12-15-26(16-13-24)36-21-25(33)14-17-27-28(10-6-1-2-7-11-30(34)35)31(20-29(27)37-22-31)19-18-23-8-4-3-5-9-23/h1,3-6,8-9,12-17,25,27-29,33H,2,7,10-11,18-22H2,(H,34,35)/b6-1-,17-14+/t25-,27+,28+,29+,31+/m0/s1. The van der Waals surface area contributed by atoms with Gasteiger partial charge in [0.15, 0.2) is 0 Å². The Morgan fingerprint density at radius 2 is 1.95 bits per heavy atom. The predicted octanol–water partition coefficient (Wildman–Crippen LogP) is 5.98. The molecular weight excluding hydrogens is 471 g/mol. The molecule has 2 N–H and O–H groups in total. The number of carbonyl (C=O) groups is 1. The van der Waals surface area contributed by atoms with Crippen molar-refractivity contribution in [3.63, 3.8) is 0 Å². The highest BCUT2D eigenvalue weighted by molar-refractivity contribution is 5.66. The number of rotatable bonds is 14. The summed E-state index contributed by atoms with van der Waals surface area (Å²) in [6.07, 6.45) is 13.1. The van der Waals surface area contributed by atoms with Crippen molar-refractivity contribution in [1.29, 1.82) is 0 Å². The monoisotopic (exact) mass is 508 g/mol. The van der Waals surface area contributed by atoms with Gasteiger partial charge in [0.1, 0.15) is 24.3 Å². The Morgan fingerprint density at radius 1 is 1.16 bits per heavy atom. The summed E-state index contributed by atoms with van der Waals surface area (Å²) in [6, 6.07) is 16.3. The molecule has 0 spiro atoms. The molecule has 6 heteroatoms. The first-order chi connectivity index (χ1) is 17.9. The Bertz CT molecular complexity index is 1050. The predicted molar refractivity (Wildman–Crippen MR) is 141 cm³/mol. The number of ether oxygens (including phenoxy) is 2. The van der Waals surface area contributed by atoms with Crippen molar-refractivity contribution in [3.05, 3.63) is 90.3 Å². The molecule has 198 valence electrons. The van der Waals surface area contributed by atoms with Crippen LogP contribution in [0.3, 0.4) is 0 Å². The molecular formula is C31H37FO5. The fourth-order valence-corrected chi connectivity index (χ4v) is 5.78. The van der Waals surface area contributed by atoms with Crippen LogP contribution >= 0.6 is 0 Å². The Labute approximate surface area is 218 Å². The molecule has 4 rings (SSSR count). The number of halogens is 1. The molecule has 2 aromatic carbocycles. The lowest BCUT2D eigenvalue weighted by Gasteiger charge is -2.38. The third kappa shape index (κ3) is 7.53. The number of aryl methyl sites for hydroxylation is 1. The van der Waals surface area contributed by atoms with Crippen LogP contribution in [0.25, 0.3) is 0 Å². The minimum absolute atomic E-state index is 0.0798. The average Bonchev–Trinajstić information content (AvgIpc) is 3.45. The van der Waals surface area contributed by atoms with E-state index >= 15 is 0 Å². The van der Waals surface area contributed by atoms with E-state index in [4.69, 9.17) is 14.6 Å². The van der Waals surface area contributed by atoms with Crippen molar-refractivity contribution < 1.29 is 28.9 Å². The molecule has 1 aliphatic carbocycles. The Kier molecular flexibility index (Phi) is 9.53. The maximum absolute atomic E-state index is 13.1. The van der Waals surface area contributed by atoms with Crippen molar-refractivity contribution >= 4 is 5.97 Å². The number of aliphatic carboxylic acids is 1. The summed E-state index contributed by atoms with van der Waals surface area (Å²) in [4.78, 5) is 10.8. The van der Waals surface area contributed by atoms with Crippen LogP contribution in [0.5, 0.6) is 5.75 Å². The molecule has 1 saturated carbocycles. The number of allylic oxidation sites excluding steroid dienone is 2. The van der Waals surface area contributed by atoms with Crippen LogP contribution in [0.2, 0.25) is 0 Å². The van der Waals surface area contributed by atoms with E-state index in [1.807, 2.05) is 6.07 Å². The van der Waals surface area contributed by atoms with E-state index in [0.29, 0.717) is 18.1 Å². The van der Waals surface area contributed by atoms with Gasteiger partial charge in [-0.3, -0.25) is 4.79 Å². The fourth-order valence-electron chi connectivity index (χ4n) is 5.78. The van der Waals surface area contributed by atoms with Gasteiger partial charge in [-0.05, 0) is 74.3 Å². The first kappa shape index (κ1) is 27.1. The molecule has 5 nitrogen and oxygen atoms in total. The number of hydrogen-bond donors (Lipinski definition) is 2. The van der Waals surface area contributed by atoms with Crippen molar-refractivity contribution in [1.82, 2.24) is 0 Å². The number of carboxylic acids is 1. The van der Waals surface area contributed by atoms with Crippen LogP contribution in [0.4, 0.5) is 4.39 Å². The van der Waals surface area contributed by atoms with Crippen LogP contribution < -0.4 is 4.74 Å². The summed E-state index contributed by atoms with van der Waals surface area (Å²) in [5.41, 5.74) is 1.41. The number of carboxylic acid groups (broad SMARTS) is 1. The summed E-state index contributed by atoms with van der Waals surface area (Å²) in [7, 11) is 0. The van der Waals surface area contributed by atoms with E-state index in [1.165, 1.54) is 17.7 Å². The zero-order chi connectivity index (χ0) is 26.1. The van der Waals surface area contributed by atoms with Crippen LogP contribution in [-0.4, -0.2) is 41.6 Å². The highest BCUT2D eigenvalue weighted by Gasteiger charge is 2.56. The smallest absolute Gasteiger partial charge is 0.303 e. The largest absolute Gasteiger partial charge is 0.491 e. The first-order valence-corrected chi connectivity index (χ1v) is 13.2. The fraction of sp³-hybridized carbons (Fsp3) is 0.452. The molecule has 5 atom stereocenters. The molecule has 0 radical (unpaired) electrons. The van der Waals surface area contributed by atoms with E-state index in [9.17, 15) is 14.3 Å². The molecule has 0 amide bonds. The van der Waals surface area contributed by atoms with Gasteiger partial charge in [-0.1, -0.05) is 54.6 Å². The summed E-state index contributed by atoms with van der Waals surface area (Å²) >= 11 is 0. The Hall–Kier alpha value is -2.96. The molecule has 2 aromatic rings. The second-order valence-corrected chi connectivity index (χ2v) is 10.3. The van der Waals surface area contributed by atoms with E-state index < -0.39 is 12.1 Å². The molecule has 2 aliphatic rings.